The van der Waals surface area contributed by atoms with Gasteiger partial charge in [-0.15, -0.1) is 0 Å². The van der Waals surface area contributed by atoms with Crippen molar-refractivity contribution in [2.24, 2.45) is 5.92 Å². The predicted molar refractivity (Wildman–Crippen MR) is 67.5 cm³/mol. The maximum Gasteiger partial charge on any atom is 0.243 e. The van der Waals surface area contributed by atoms with Crippen molar-refractivity contribution in [1.29, 1.82) is 0 Å². The Morgan fingerprint density at radius 3 is 2.47 bits per heavy atom. The maximum absolute atomic E-state index is 13.2. The van der Waals surface area contributed by atoms with Gasteiger partial charge in [0.05, 0.1) is 12.2 Å². The molecule has 0 aliphatic rings. The van der Waals surface area contributed by atoms with Crippen molar-refractivity contribution in [2.75, 3.05) is 11.9 Å². The highest BCUT2D eigenvalue weighted by atomic mass is 19.1. The third-order valence-electron chi connectivity index (χ3n) is 2.24. The molecule has 0 spiro atoms. The molecule has 1 aromatic carbocycles. The first-order valence-corrected chi connectivity index (χ1v) is 5.90. The third-order valence-corrected chi connectivity index (χ3v) is 2.24. The number of carbonyl (C=O) groups excluding carboxylic acids is 2. The molecule has 6 heteroatoms. The van der Waals surface area contributed by atoms with Gasteiger partial charge in [0, 0.05) is 12.5 Å². The molecule has 2 N–H and O–H groups in total. The zero-order chi connectivity index (χ0) is 14.4. The molecule has 19 heavy (non-hydrogen) atoms. The summed E-state index contributed by atoms with van der Waals surface area (Å²) in [5, 5.41) is 4.67. The Bertz CT molecular complexity index is 476. The predicted octanol–water partition coefficient (Wildman–Crippen LogP) is 2.07. The lowest BCUT2D eigenvalue weighted by Gasteiger charge is -2.08. The average Bonchev–Trinajstić information content (AvgIpc) is 2.29. The summed E-state index contributed by atoms with van der Waals surface area (Å²) in [6.45, 7) is 3.52. The van der Waals surface area contributed by atoms with Gasteiger partial charge in [-0.2, -0.15) is 0 Å². The fourth-order valence-electron chi connectivity index (χ4n) is 1.41. The van der Waals surface area contributed by atoms with Gasteiger partial charge in [-0.1, -0.05) is 13.8 Å². The van der Waals surface area contributed by atoms with E-state index in [-0.39, 0.29) is 24.1 Å². The summed E-state index contributed by atoms with van der Waals surface area (Å²) < 4.78 is 25.9. The van der Waals surface area contributed by atoms with E-state index < -0.39 is 17.5 Å². The SMILES string of the molecule is CC(C)CC(=O)NCC(=O)Nc1ccc(F)cc1F. The minimum absolute atomic E-state index is 0.121. The van der Waals surface area contributed by atoms with Gasteiger partial charge in [0.25, 0.3) is 0 Å². The molecule has 0 bridgehead atoms. The van der Waals surface area contributed by atoms with Crippen LogP contribution < -0.4 is 10.6 Å². The first-order chi connectivity index (χ1) is 8.88. The quantitative estimate of drug-likeness (QED) is 0.860. The molecule has 0 radical (unpaired) electrons. The summed E-state index contributed by atoms with van der Waals surface area (Å²) in [5.41, 5.74) is -0.121. The van der Waals surface area contributed by atoms with Gasteiger partial charge in [-0.05, 0) is 18.1 Å². The van der Waals surface area contributed by atoms with Gasteiger partial charge in [-0.3, -0.25) is 9.59 Å². The van der Waals surface area contributed by atoms with Gasteiger partial charge in [0.15, 0.2) is 0 Å². The Kier molecular flexibility index (Phi) is 5.41. The largest absolute Gasteiger partial charge is 0.347 e. The van der Waals surface area contributed by atoms with Crippen LogP contribution in [0.3, 0.4) is 0 Å². The van der Waals surface area contributed by atoms with E-state index in [0.717, 1.165) is 12.1 Å². The van der Waals surface area contributed by atoms with Crippen LogP contribution in [-0.2, 0) is 9.59 Å². The van der Waals surface area contributed by atoms with E-state index >= 15 is 0 Å². The Hall–Kier alpha value is -1.98. The van der Waals surface area contributed by atoms with Crippen LogP contribution in [0.2, 0.25) is 0 Å². The second kappa shape index (κ2) is 6.82. The van der Waals surface area contributed by atoms with Crippen LogP contribution in [0.5, 0.6) is 0 Å². The monoisotopic (exact) mass is 270 g/mol. The lowest BCUT2D eigenvalue weighted by molar-refractivity contribution is -0.124. The highest BCUT2D eigenvalue weighted by Crippen LogP contribution is 2.14. The molecule has 4 nitrogen and oxygen atoms in total. The topological polar surface area (TPSA) is 58.2 Å². The van der Waals surface area contributed by atoms with Crippen LogP contribution in [-0.4, -0.2) is 18.4 Å². The van der Waals surface area contributed by atoms with Crippen molar-refractivity contribution in [3.05, 3.63) is 29.8 Å². The van der Waals surface area contributed by atoms with Gasteiger partial charge >= 0.3 is 0 Å². The first-order valence-electron chi connectivity index (χ1n) is 5.90. The molecular weight excluding hydrogens is 254 g/mol. The van der Waals surface area contributed by atoms with E-state index in [0.29, 0.717) is 12.5 Å². The first kappa shape index (κ1) is 15.1. The average molecular weight is 270 g/mol. The number of hydrogen-bond donors (Lipinski definition) is 2. The molecule has 0 heterocycles. The van der Waals surface area contributed by atoms with Crippen LogP contribution in [0.25, 0.3) is 0 Å². The van der Waals surface area contributed by atoms with Gasteiger partial charge in [0.1, 0.15) is 11.6 Å². The molecule has 1 aromatic rings. The van der Waals surface area contributed by atoms with E-state index in [2.05, 4.69) is 10.6 Å². The molecule has 0 aliphatic heterocycles. The van der Waals surface area contributed by atoms with Crippen molar-refractivity contribution < 1.29 is 18.4 Å². The fraction of sp³-hybridized carbons (Fsp3) is 0.385. The van der Waals surface area contributed by atoms with Gasteiger partial charge in [-0.25, -0.2) is 8.78 Å². The smallest absolute Gasteiger partial charge is 0.243 e. The standard InChI is InChI=1S/C13H16F2N2O2/c1-8(2)5-12(18)16-7-13(19)17-11-4-3-9(14)6-10(11)15/h3-4,6,8H,5,7H2,1-2H3,(H,16,18)(H,17,19). The van der Waals surface area contributed by atoms with Crippen LogP contribution >= 0.6 is 0 Å². The summed E-state index contributed by atoms with van der Waals surface area (Å²) in [4.78, 5) is 22.8. The number of hydrogen-bond acceptors (Lipinski definition) is 2. The lowest BCUT2D eigenvalue weighted by atomic mass is 10.1. The van der Waals surface area contributed by atoms with Crippen LogP contribution in [0.1, 0.15) is 20.3 Å². The number of halogens is 2. The number of carbonyl (C=O) groups is 2. The van der Waals surface area contributed by atoms with Crippen LogP contribution in [0, 0.1) is 17.6 Å². The van der Waals surface area contributed by atoms with E-state index in [1.165, 1.54) is 0 Å². The second-order valence-corrected chi connectivity index (χ2v) is 4.55. The van der Waals surface area contributed by atoms with Gasteiger partial charge < -0.3 is 10.6 Å². The van der Waals surface area contributed by atoms with E-state index in [9.17, 15) is 18.4 Å². The molecule has 1 rings (SSSR count). The molecule has 0 saturated heterocycles. The number of rotatable bonds is 5. The number of anilines is 1. The molecule has 0 atom stereocenters. The minimum Gasteiger partial charge on any atom is -0.347 e. The van der Waals surface area contributed by atoms with E-state index in [1.807, 2.05) is 13.8 Å². The van der Waals surface area contributed by atoms with Crippen molar-refractivity contribution >= 4 is 17.5 Å². The molecule has 0 aliphatic carbocycles. The Balaban J connectivity index is 2.45. The van der Waals surface area contributed by atoms with Crippen LogP contribution in [0.15, 0.2) is 18.2 Å². The Morgan fingerprint density at radius 2 is 1.89 bits per heavy atom. The van der Waals surface area contributed by atoms with Crippen molar-refractivity contribution in [3.8, 4) is 0 Å². The summed E-state index contributed by atoms with van der Waals surface area (Å²) in [7, 11) is 0. The minimum atomic E-state index is -0.859. The molecule has 0 saturated carbocycles. The zero-order valence-corrected chi connectivity index (χ0v) is 10.8. The summed E-state index contributed by atoms with van der Waals surface area (Å²) in [6, 6.07) is 2.83. The normalized spacial score (nSPS) is 10.4. The summed E-state index contributed by atoms with van der Waals surface area (Å²) in [6.07, 6.45) is 0.318. The molecule has 0 aromatic heterocycles. The van der Waals surface area contributed by atoms with Crippen molar-refractivity contribution in [2.45, 2.75) is 20.3 Å². The second-order valence-electron chi connectivity index (χ2n) is 4.55. The summed E-state index contributed by atoms with van der Waals surface area (Å²) in [5.74, 6) is -2.20. The van der Waals surface area contributed by atoms with Crippen LogP contribution in [0.4, 0.5) is 14.5 Å². The number of amides is 2. The van der Waals surface area contributed by atoms with Gasteiger partial charge in [0.2, 0.25) is 11.8 Å². The Morgan fingerprint density at radius 1 is 1.21 bits per heavy atom. The molecular formula is C13H16F2N2O2. The van der Waals surface area contributed by atoms with Crippen molar-refractivity contribution in [3.63, 3.8) is 0 Å². The molecule has 2 amide bonds. The molecule has 104 valence electrons. The van der Waals surface area contributed by atoms with Crippen molar-refractivity contribution in [1.82, 2.24) is 5.32 Å². The number of nitrogens with one attached hydrogen (secondary N) is 2. The Labute approximate surface area is 110 Å². The van der Waals surface area contributed by atoms with E-state index in [4.69, 9.17) is 0 Å². The maximum atomic E-state index is 13.2. The van der Waals surface area contributed by atoms with E-state index in [1.54, 1.807) is 0 Å². The molecule has 0 fully saturated rings. The third kappa shape index (κ3) is 5.46. The molecule has 0 unspecified atom stereocenters. The highest BCUT2D eigenvalue weighted by molar-refractivity contribution is 5.94. The highest BCUT2D eigenvalue weighted by Gasteiger charge is 2.10. The fourth-order valence-corrected chi connectivity index (χ4v) is 1.41. The zero-order valence-electron chi connectivity index (χ0n) is 10.8. The summed E-state index contributed by atoms with van der Waals surface area (Å²) >= 11 is 0. The lowest BCUT2D eigenvalue weighted by Crippen LogP contribution is -2.33. The number of benzene rings is 1.